The largest absolute Gasteiger partial charge is 0.384 e. The van der Waals surface area contributed by atoms with Gasteiger partial charge in [-0.2, -0.15) is 11.8 Å². The van der Waals surface area contributed by atoms with E-state index in [-0.39, 0.29) is 0 Å². The van der Waals surface area contributed by atoms with E-state index in [0.29, 0.717) is 17.4 Å². The highest BCUT2D eigenvalue weighted by molar-refractivity contribution is 7.99. The first-order valence-electron chi connectivity index (χ1n) is 6.59. The highest BCUT2D eigenvalue weighted by atomic mass is 32.2. The number of hydrogen-bond donors (Lipinski definition) is 2. The second-order valence-electron chi connectivity index (χ2n) is 5.08. The summed E-state index contributed by atoms with van der Waals surface area (Å²) in [4.78, 5) is 0.389. The third-order valence-electron chi connectivity index (χ3n) is 3.68. The molecule has 4 nitrogen and oxygen atoms in total. The minimum Gasteiger partial charge on any atom is -0.384 e. The topological polar surface area (TPSA) is 58.2 Å². The van der Waals surface area contributed by atoms with Gasteiger partial charge in [-0.25, -0.2) is 13.1 Å². The highest BCUT2D eigenvalue weighted by Gasteiger charge is 2.21. The Morgan fingerprint density at radius 3 is 3.11 bits per heavy atom. The normalized spacial score (nSPS) is 22.2. The van der Waals surface area contributed by atoms with Gasteiger partial charge >= 0.3 is 0 Å². The van der Waals surface area contributed by atoms with E-state index in [1.54, 1.807) is 12.1 Å². The van der Waals surface area contributed by atoms with Crippen LogP contribution in [0.3, 0.4) is 0 Å². The van der Waals surface area contributed by atoms with Gasteiger partial charge in [0.2, 0.25) is 10.0 Å². The van der Waals surface area contributed by atoms with Crippen molar-refractivity contribution in [3.63, 3.8) is 0 Å². The number of nitrogens with one attached hydrogen (secondary N) is 2. The van der Waals surface area contributed by atoms with Crippen molar-refractivity contribution in [1.29, 1.82) is 0 Å². The Labute approximate surface area is 118 Å². The lowest BCUT2D eigenvalue weighted by atomic mass is 10.1. The second-order valence-corrected chi connectivity index (χ2v) is 7.99. The van der Waals surface area contributed by atoms with Crippen LogP contribution in [0.5, 0.6) is 0 Å². The van der Waals surface area contributed by atoms with E-state index in [2.05, 4.69) is 10.0 Å². The van der Waals surface area contributed by atoms with Crippen molar-refractivity contribution in [2.75, 3.05) is 29.9 Å². The Bertz CT molecular complexity index is 566. The number of sulfonamides is 1. The smallest absolute Gasteiger partial charge is 0.240 e. The van der Waals surface area contributed by atoms with Crippen molar-refractivity contribution < 1.29 is 8.42 Å². The molecule has 1 atom stereocenters. The Kier molecular flexibility index (Phi) is 3.73. The molecule has 2 heterocycles. The lowest BCUT2D eigenvalue weighted by molar-refractivity contribution is 0.546. The predicted octanol–water partition coefficient (Wildman–Crippen LogP) is 1.69. The maximum atomic E-state index is 12.3. The molecule has 2 aliphatic heterocycles. The van der Waals surface area contributed by atoms with Crippen LogP contribution < -0.4 is 10.0 Å². The lowest BCUT2D eigenvalue weighted by Crippen LogP contribution is -2.29. The quantitative estimate of drug-likeness (QED) is 0.888. The molecule has 19 heavy (non-hydrogen) atoms. The monoisotopic (exact) mass is 298 g/mol. The van der Waals surface area contributed by atoms with Crippen LogP contribution in [0.15, 0.2) is 23.1 Å². The van der Waals surface area contributed by atoms with E-state index in [1.165, 1.54) is 0 Å². The van der Waals surface area contributed by atoms with Gasteiger partial charge in [0, 0.05) is 18.8 Å². The van der Waals surface area contributed by atoms with E-state index in [1.807, 2.05) is 17.8 Å². The summed E-state index contributed by atoms with van der Waals surface area (Å²) < 4.78 is 27.2. The molecule has 0 saturated carbocycles. The lowest BCUT2D eigenvalue weighted by Gasteiger charge is -2.11. The van der Waals surface area contributed by atoms with Gasteiger partial charge in [0.05, 0.1) is 4.90 Å². The van der Waals surface area contributed by atoms with E-state index in [4.69, 9.17) is 0 Å². The molecule has 0 amide bonds. The SMILES string of the molecule is O=S(=O)(NCC1CCSC1)c1ccc2c(c1)CCN2. The second kappa shape index (κ2) is 5.34. The third-order valence-corrected chi connectivity index (χ3v) is 6.34. The molecule has 104 valence electrons. The summed E-state index contributed by atoms with van der Waals surface area (Å²) in [5.41, 5.74) is 2.16. The molecule has 6 heteroatoms. The average Bonchev–Trinajstić information content (AvgIpc) is 3.06. The molecule has 2 N–H and O–H groups in total. The van der Waals surface area contributed by atoms with Crippen molar-refractivity contribution in [2.24, 2.45) is 5.92 Å². The summed E-state index contributed by atoms with van der Waals surface area (Å²) in [6, 6.07) is 5.34. The molecule has 0 spiro atoms. The van der Waals surface area contributed by atoms with Crippen molar-refractivity contribution >= 4 is 27.5 Å². The van der Waals surface area contributed by atoms with Crippen molar-refractivity contribution in [2.45, 2.75) is 17.7 Å². The first-order valence-corrected chi connectivity index (χ1v) is 9.23. The summed E-state index contributed by atoms with van der Waals surface area (Å²) in [5, 5.41) is 3.24. The number of fused-ring (bicyclic) bond motifs is 1. The molecule has 0 aromatic heterocycles. The van der Waals surface area contributed by atoms with Crippen LogP contribution in [0.1, 0.15) is 12.0 Å². The molecular weight excluding hydrogens is 280 g/mol. The number of thioether (sulfide) groups is 1. The van der Waals surface area contributed by atoms with Gasteiger partial charge in [0.25, 0.3) is 0 Å². The van der Waals surface area contributed by atoms with Gasteiger partial charge in [-0.15, -0.1) is 0 Å². The zero-order chi connectivity index (χ0) is 13.3. The summed E-state index contributed by atoms with van der Waals surface area (Å²) >= 11 is 1.90. The van der Waals surface area contributed by atoms with Crippen molar-refractivity contribution in [3.8, 4) is 0 Å². The van der Waals surface area contributed by atoms with Gasteiger partial charge in [-0.1, -0.05) is 0 Å². The molecule has 0 radical (unpaired) electrons. The van der Waals surface area contributed by atoms with Crippen LogP contribution >= 0.6 is 11.8 Å². The van der Waals surface area contributed by atoms with Gasteiger partial charge in [0.15, 0.2) is 0 Å². The zero-order valence-corrected chi connectivity index (χ0v) is 12.3. The van der Waals surface area contributed by atoms with E-state index < -0.39 is 10.0 Å². The van der Waals surface area contributed by atoms with E-state index in [9.17, 15) is 8.42 Å². The van der Waals surface area contributed by atoms with Crippen LogP contribution in [0, 0.1) is 5.92 Å². The third kappa shape index (κ3) is 2.90. The summed E-state index contributed by atoms with van der Waals surface area (Å²) in [7, 11) is -3.36. The van der Waals surface area contributed by atoms with Gasteiger partial charge in [-0.3, -0.25) is 0 Å². The van der Waals surface area contributed by atoms with Crippen LogP contribution in [-0.2, 0) is 16.4 Å². The van der Waals surface area contributed by atoms with Crippen molar-refractivity contribution in [1.82, 2.24) is 4.72 Å². The molecule has 3 rings (SSSR count). The maximum absolute atomic E-state index is 12.3. The molecule has 0 aliphatic carbocycles. The molecule has 1 fully saturated rings. The van der Waals surface area contributed by atoms with Crippen molar-refractivity contribution in [3.05, 3.63) is 23.8 Å². The number of anilines is 1. The van der Waals surface area contributed by atoms with Crippen LogP contribution in [0.2, 0.25) is 0 Å². The first-order chi connectivity index (χ1) is 9.15. The predicted molar refractivity (Wildman–Crippen MR) is 79.3 cm³/mol. The molecule has 2 aliphatic rings. The Balaban J connectivity index is 1.72. The fraction of sp³-hybridized carbons (Fsp3) is 0.538. The molecular formula is C13H18N2O2S2. The molecule has 1 unspecified atom stereocenters. The van der Waals surface area contributed by atoms with Crippen LogP contribution in [0.4, 0.5) is 5.69 Å². The average molecular weight is 298 g/mol. The summed E-state index contributed by atoms with van der Waals surface area (Å²) in [5.74, 6) is 2.70. The maximum Gasteiger partial charge on any atom is 0.240 e. The fourth-order valence-corrected chi connectivity index (χ4v) is 4.95. The van der Waals surface area contributed by atoms with Gasteiger partial charge in [-0.05, 0) is 54.0 Å². The minimum absolute atomic E-state index is 0.389. The molecule has 0 bridgehead atoms. The van der Waals surface area contributed by atoms with Crippen LogP contribution in [0.25, 0.3) is 0 Å². The van der Waals surface area contributed by atoms with Gasteiger partial charge < -0.3 is 5.32 Å². The standard InChI is InChI=1S/C13H18N2O2S2/c16-19(17,15-8-10-4-6-18-9-10)12-1-2-13-11(7-12)3-5-14-13/h1-2,7,10,14-15H,3-6,8-9H2. The first kappa shape index (κ1) is 13.3. The number of benzene rings is 1. The van der Waals surface area contributed by atoms with E-state index in [0.717, 1.165) is 42.1 Å². The fourth-order valence-electron chi connectivity index (χ4n) is 2.50. The summed E-state index contributed by atoms with van der Waals surface area (Å²) in [6.07, 6.45) is 2.01. The Morgan fingerprint density at radius 2 is 2.32 bits per heavy atom. The molecule has 1 saturated heterocycles. The molecule has 1 aromatic carbocycles. The number of hydrogen-bond acceptors (Lipinski definition) is 4. The Morgan fingerprint density at radius 1 is 1.42 bits per heavy atom. The van der Waals surface area contributed by atoms with Gasteiger partial charge in [0.1, 0.15) is 0 Å². The number of rotatable bonds is 4. The zero-order valence-electron chi connectivity index (χ0n) is 10.7. The van der Waals surface area contributed by atoms with E-state index >= 15 is 0 Å². The summed E-state index contributed by atoms with van der Waals surface area (Å²) in [6.45, 7) is 1.45. The highest BCUT2D eigenvalue weighted by Crippen LogP contribution is 2.26. The Hall–Kier alpha value is -0.720. The minimum atomic E-state index is -3.36. The van der Waals surface area contributed by atoms with Crippen LogP contribution in [-0.4, -0.2) is 33.0 Å². The molecule has 1 aromatic rings.